The number of rotatable bonds is 2. The molecule has 1 rings (SSSR count). The van der Waals surface area contributed by atoms with E-state index in [1.165, 1.54) is 0 Å². The summed E-state index contributed by atoms with van der Waals surface area (Å²) < 4.78 is 0. The molecule has 0 aliphatic heterocycles. The second kappa shape index (κ2) is 3.56. The third-order valence-corrected chi connectivity index (χ3v) is 2.03. The summed E-state index contributed by atoms with van der Waals surface area (Å²) >= 11 is 0. The van der Waals surface area contributed by atoms with E-state index in [9.17, 15) is 9.59 Å². The van der Waals surface area contributed by atoms with Crippen molar-refractivity contribution in [1.82, 2.24) is 0 Å². The Balaban J connectivity index is 0.000001000. The number of carbonyl (C=O) groups is 2. The van der Waals surface area contributed by atoms with Crippen LogP contribution in [0.1, 0.15) is 19.3 Å². The first kappa shape index (κ1) is 10.9. The molecule has 11 heavy (non-hydrogen) atoms. The van der Waals surface area contributed by atoms with Gasteiger partial charge in [0.1, 0.15) is 0 Å². The normalized spacial score (nSPS) is 19.3. The number of hydrogen-bond acceptors (Lipinski definition) is 2. The van der Waals surface area contributed by atoms with Gasteiger partial charge in [0.15, 0.2) is 5.41 Å². The summed E-state index contributed by atoms with van der Waals surface area (Å²) in [5.41, 5.74) is -1.44. The monoisotopic (exact) mass is 168 g/mol. The number of carboxylic acids is 2. The summed E-state index contributed by atoms with van der Waals surface area (Å²) in [6.45, 7) is 0. The molecule has 0 unspecified atom stereocenters. The molecule has 58 valence electrons. The van der Waals surface area contributed by atoms with Crippen LogP contribution in [0.2, 0.25) is 0 Å². The van der Waals surface area contributed by atoms with Gasteiger partial charge in [-0.1, -0.05) is 0 Å². The number of carboxylic acid groups (broad SMARTS) is 2. The zero-order valence-corrected chi connectivity index (χ0v) is 5.33. The van der Waals surface area contributed by atoms with Gasteiger partial charge >= 0.3 is 41.5 Å². The Morgan fingerprint density at radius 2 is 1.45 bits per heavy atom. The molecule has 0 amide bonds. The van der Waals surface area contributed by atoms with Gasteiger partial charge in [0.05, 0.1) is 0 Å². The predicted octanol–water partition coefficient (Wildman–Crippen LogP) is -0.323. The Kier molecular flexibility index (Phi) is 3.54. The van der Waals surface area contributed by atoms with Crippen LogP contribution in [0.25, 0.3) is 0 Å². The molecule has 1 aliphatic rings. The first-order valence-electron chi connectivity index (χ1n) is 3.06. The molecular weight excluding hydrogens is 159 g/mol. The Bertz CT molecular complexity index is 169. The molecule has 1 fully saturated rings. The summed E-state index contributed by atoms with van der Waals surface area (Å²) in [4.78, 5) is 20.7. The van der Waals surface area contributed by atoms with Crippen LogP contribution in [-0.2, 0) is 9.59 Å². The SMILES string of the molecule is O=C(O)C1(C(=O)O)CCC1.[NaH]. The van der Waals surface area contributed by atoms with Crippen molar-refractivity contribution in [2.24, 2.45) is 5.41 Å². The zero-order chi connectivity index (χ0) is 7.78. The molecule has 0 spiro atoms. The van der Waals surface area contributed by atoms with Crippen LogP contribution in [0.15, 0.2) is 0 Å². The molecule has 0 saturated heterocycles. The minimum absolute atomic E-state index is 0. The van der Waals surface area contributed by atoms with E-state index in [1.807, 2.05) is 0 Å². The van der Waals surface area contributed by atoms with Crippen molar-refractivity contribution >= 4 is 41.5 Å². The number of hydrogen-bond donors (Lipinski definition) is 2. The van der Waals surface area contributed by atoms with Crippen LogP contribution < -0.4 is 0 Å². The van der Waals surface area contributed by atoms with Crippen LogP contribution >= 0.6 is 0 Å². The van der Waals surface area contributed by atoms with E-state index in [4.69, 9.17) is 10.2 Å². The molecule has 2 N–H and O–H groups in total. The van der Waals surface area contributed by atoms with Crippen molar-refractivity contribution in [3.63, 3.8) is 0 Å². The summed E-state index contributed by atoms with van der Waals surface area (Å²) in [6.07, 6.45) is 1.26. The minimum atomic E-state index is -1.44. The van der Waals surface area contributed by atoms with Crippen LogP contribution in [-0.4, -0.2) is 51.7 Å². The summed E-state index contributed by atoms with van der Waals surface area (Å²) in [5.74, 6) is -2.41. The first-order chi connectivity index (χ1) is 4.59. The van der Waals surface area contributed by atoms with Gasteiger partial charge in [0.25, 0.3) is 0 Å². The van der Waals surface area contributed by atoms with Gasteiger partial charge < -0.3 is 10.2 Å². The van der Waals surface area contributed by atoms with Crippen molar-refractivity contribution < 1.29 is 19.8 Å². The number of aliphatic carboxylic acids is 2. The Morgan fingerprint density at radius 1 is 1.09 bits per heavy atom. The molecule has 0 heterocycles. The van der Waals surface area contributed by atoms with Crippen molar-refractivity contribution in [2.75, 3.05) is 0 Å². The standard InChI is InChI=1S/C6H8O4.Na.H/c7-4(8)6(5(9)10)2-1-3-6;;/h1-3H2,(H,7,8)(H,9,10);;. The summed E-state index contributed by atoms with van der Waals surface area (Å²) in [7, 11) is 0. The third-order valence-electron chi connectivity index (χ3n) is 2.03. The van der Waals surface area contributed by atoms with Gasteiger partial charge in [0.2, 0.25) is 0 Å². The second-order valence-corrected chi connectivity index (χ2v) is 2.55. The molecule has 4 nitrogen and oxygen atoms in total. The predicted molar refractivity (Wildman–Crippen MR) is 38.7 cm³/mol. The zero-order valence-electron chi connectivity index (χ0n) is 5.33. The molecule has 0 bridgehead atoms. The van der Waals surface area contributed by atoms with Crippen LogP contribution in [0.5, 0.6) is 0 Å². The molecule has 0 atom stereocenters. The van der Waals surface area contributed by atoms with E-state index in [2.05, 4.69) is 0 Å². The van der Waals surface area contributed by atoms with E-state index in [-0.39, 0.29) is 42.4 Å². The van der Waals surface area contributed by atoms with Gasteiger partial charge in [-0.25, -0.2) is 0 Å². The molecular formula is C6H9NaO4. The van der Waals surface area contributed by atoms with Crippen molar-refractivity contribution in [1.29, 1.82) is 0 Å². The Hall–Kier alpha value is -0.0600. The van der Waals surface area contributed by atoms with E-state index in [0.29, 0.717) is 6.42 Å². The Morgan fingerprint density at radius 3 is 1.45 bits per heavy atom. The van der Waals surface area contributed by atoms with Crippen molar-refractivity contribution in [3.8, 4) is 0 Å². The average molecular weight is 168 g/mol. The Labute approximate surface area is 85.9 Å². The fourth-order valence-electron chi connectivity index (χ4n) is 1.05. The molecule has 0 aromatic heterocycles. The maximum atomic E-state index is 10.4. The maximum absolute atomic E-state index is 10.4. The fourth-order valence-corrected chi connectivity index (χ4v) is 1.05. The average Bonchev–Trinajstić information content (AvgIpc) is 1.57. The quantitative estimate of drug-likeness (QED) is 0.437. The molecule has 0 radical (unpaired) electrons. The van der Waals surface area contributed by atoms with Crippen LogP contribution in [0, 0.1) is 5.41 Å². The van der Waals surface area contributed by atoms with Gasteiger partial charge in [-0.3, -0.25) is 9.59 Å². The second-order valence-electron chi connectivity index (χ2n) is 2.55. The van der Waals surface area contributed by atoms with Gasteiger partial charge in [-0.05, 0) is 19.3 Å². The molecule has 0 aromatic carbocycles. The molecule has 5 heteroatoms. The summed E-state index contributed by atoms with van der Waals surface area (Å²) in [5, 5.41) is 16.9. The molecule has 0 aromatic rings. The van der Waals surface area contributed by atoms with Crippen molar-refractivity contribution in [2.45, 2.75) is 19.3 Å². The summed E-state index contributed by atoms with van der Waals surface area (Å²) in [6, 6.07) is 0. The molecule has 1 saturated carbocycles. The van der Waals surface area contributed by atoms with Crippen LogP contribution in [0.3, 0.4) is 0 Å². The fraction of sp³-hybridized carbons (Fsp3) is 0.667. The van der Waals surface area contributed by atoms with Gasteiger partial charge in [-0.15, -0.1) is 0 Å². The third kappa shape index (κ3) is 1.58. The van der Waals surface area contributed by atoms with E-state index < -0.39 is 17.4 Å². The van der Waals surface area contributed by atoms with Crippen LogP contribution in [0.4, 0.5) is 0 Å². The first-order valence-corrected chi connectivity index (χ1v) is 3.06. The van der Waals surface area contributed by atoms with E-state index in [0.717, 1.165) is 0 Å². The van der Waals surface area contributed by atoms with Crippen molar-refractivity contribution in [3.05, 3.63) is 0 Å². The van der Waals surface area contributed by atoms with E-state index in [1.54, 1.807) is 0 Å². The van der Waals surface area contributed by atoms with Gasteiger partial charge in [-0.2, -0.15) is 0 Å². The molecule has 1 aliphatic carbocycles. The van der Waals surface area contributed by atoms with Gasteiger partial charge in [0, 0.05) is 0 Å². The topological polar surface area (TPSA) is 74.6 Å². The van der Waals surface area contributed by atoms with E-state index >= 15 is 0 Å².